The highest BCUT2D eigenvalue weighted by Crippen LogP contribution is 2.40. The molecule has 1 atom stereocenters. The Bertz CT molecular complexity index is 2310. The number of amides is 3. The van der Waals surface area contributed by atoms with E-state index >= 15 is 0 Å². The van der Waals surface area contributed by atoms with E-state index in [2.05, 4.69) is 16.0 Å². The number of esters is 1. The number of thiophene rings is 1. The maximum Gasteiger partial charge on any atom is 0.341 e. The van der Waals surface area contributed by atoms with Crippen LogP contribution in [0.25, 0.3) is 17.2 Å². The van der Waals surface area contributed by atoms with Gasteiger partial charge in [0.15, 0.2) is 0 Å². The van der Waals surface area contributed by atoms with Crippen molar-refractivity contribution in [2.45, 2.75) is 17.1 Å². The summed E-state index contributed by atoms with van der Waals surface area (Å²) in [4.78, 5) is 55.1. The first kappa shape index (κ1) is 38.3. The molecular formula is C44H37N3O6S2. The fourth-order valence-corrected chi connectivity index (χ4v) is 7.63. The van der Waals surface area contributed by atoms with Crippen LogP contribution in [0.5, 0.6) is 5.75 Å². The van der Waals surface area contributed by atoms with Crippen LogP contribution in [0.4, 0.5) is 10.7 Å². The van der Waals surface area contributed by atoms with Crippen molar-refractivity contribution in [2.75, 3.05) is 24.4 Å². The maximum absolute atomic E-state index is 14.2. The van der Waals surface area contributed by atoms with E-state index in [9.17, 15) is 19.2 Å². The van der Waals surface area contributed by atoms with Gasteiger partial charge in [-0.3, -0.25) is 14.4 Å². The van der Waals surface area contributed by atoms with Gasteiger partial charge in [0.2, 0.25) is 5.91 Å². The molecule has 11 heteroatoms. The number of hydrogen-bond acceptors (Lipinski definition) is 8. The SMILES string of the molecule is CCOC(=O)c1c(-c2ccccc2)csc1NC(=O)C(Sc1cccc(NC(=O)/C(=C/c2cccc(OC)c2)NC(=O)c2ccccc2)c1)c1ccccc1. The van der Waals surface area contributed by atoms with Gasteiger partial charge in [0, 0.05) is 27.1 Å². The van der Waals surface area contributed by atoms with Crippen LogP contribution >= 0.6 is 23.1 Å². The maximum atomic E-state index is 14.2. The van der Waals surface area contributed by atoms with Gasteiger partial charge in [-0.15, -0.1) is 23.1 Å². The van der Waals surface area contributed by atoms with Crippen molar-refractivity contribution in [2.24, 2.45) is 0 Å². The van der Waals surface area contributed by atoms with Crippen molar-refractivity contribution in [1.82, 2.24) is 5.32 Å². The number of carbonyl (C=O) groups excluding carboxylic acids is 4. The number of methoxy groups -OCH3 is 1. The molecule has 55 heavy (non-hydrogen) atoms. The first-order chi connectivity index (χ1) is 26.8. The summed E-state index contributed by atoms with van der Waals surface area (Å²) in [6.07, 6.45) is 1.57. The zero-order chi connectivity index (χ0) is 38.6. The molecule has 0 aliphatic heterocycles. The van der Waals surface area contributed by atoms with Gasteiger partial charge in [0.25, 0.3) is 11.8 Å². The van der Waals surface area contributed by atoms with Crippen LogP contribution in [-0.2, 0) is 14.3 Å². The molecule has 0 bridgehead atoms. The molecule has 3 N–H and O–H groups in total. The van der Waals surface area contributed by atoms with E-state index in [1.54, 1.807) is 92.9 Å². The van der Waals surface area contributed by atoms with Gasteiger partial charge >= 0.3 is 5.97 Å². The third-order valence-electron chi connectivity index (χ3n) is 8.21. The lowest BCUT2D eigenvalue weighted by atomic mass is 10.0. The summed E-state index contributed by atoms with van der Waals surface area (Å²) in [5, 5.41) is 10.2. The van der Waals surface area contributed by atoms with Crippen molar-refractivity contribution in [3.8, 4) is 16.9 Å². The Hall–Kier alpha value is -6.43. The van der Waals surface area contributed by atoms with Gasteiger partial charge in [-0.25, -0.2) is 4.79 Å². The van der Waals surface area contributed by atoms with E-state index in [0.717, 1.165) is 11.1 Å². The molecule has 0 radical (unpaired) electrons. The number of nitrogens with one attached hydrogen (secondary N) is 3. The lowest BCUT2D eigenvalue weighted by molar-refractivity contribution is -0.116. The fraction of sp³-hybridized carbons (Fsp3) is 0.0909. The fourth-order valence-electron chi connectivity index (χ4n) is 5.59. The highest BCUT2D eigenvalue weighted by Gasteiger charge is 2.27. The summed E-state index contributed by atoms with van der Waals surface area (Å²) in [5.41, 5.74) is 4.04. The minimum Gasteiger partial charge on any atom is -0.497 e. The monoisotopic (exact) mass is 767 g/mol. The van der Waals surface area contributed by atoms with Gasteiger partial charge in [0.1, 0.15) is 27.3 Å². The van der Waals surface area contributed by atoms with Crippen molar-refractivity contribution < 1.29 is 28.7 Å². The average molecular weight is 768 g/mol. The molecule has 0 fully saturated rings. The van der Waals surface area contributed by atoms with Crippen molar-refractivity contribution in [3.63, 3.8) is 0 Å². The summed E-state index contributed by atoms with van der Waals surface area (Å²) in [5.74, 6) is -1.27. The van der Waals surface area contributed by atoms with Gasteiger partial charge in [-0.05, 0) is 72.2 Å². The molecule has 0 spiro atoms. The summed E-state index contributed by atoms with van der Waals surface area (Å²) in [6.45, 7) is 1.92. The van der Waals surface area contributed by atoms with E-state index in [1.165, 1.54) is 23.1 Å². The topological polar surface area (TPSA) is 123 Å². The van der Waals surface area contributed by atoms with E-state index in [0.29, 0.717) is 43.6 Å². The predicted octanol–water partition coefficient (Wildman–Crippen LogP) is 9.48. The number of benzene rings is 5. The lowest BCUT2D eigenvalue weighted by Crippen LogP contribution is -2.30. The van der Waals surface area contributed by atoms with Crippen LogP contribution in [0.3, 0.4) is 0 Å². The first-order valence-electron chi connectivity index (χ1n) is 17.3. The molecule has 276 valence electrons. The highest BCUT2D eigenvalue weighted by atomic mass is 32.2. The largest absolute Gasteiger partial charge is 0.497 e. The Morgan fingerprint density at radius 1 is 0.782 bits per heavy atom. The average Bonchev–Trinajstić information content (AvgIpc) is 3.64. The number of carbonyl (C=O) groups is 4. The Kier molecular flexibility index (Phi) is 12.9. The smallest absolute Gasteiger partial charge is 0.341 e. The van der Waals surface area contributed by atoms with Crippen LogP contribution in [0.1, 0.15) is 44.0 Å². The molecule has 6 aromatic rings. The lowest BCUT2D eigenvalue weighted by Gasteiger charge is -2.18. The number of hydrogen-bond donors (Lipinski definition) is 3. The Labute approximate surface area is 327 Å². The van der Waals surface area contributed by atoms with E-state index in [1.807, 2.05) is 72.1 Å². The standard InChI is InChI=1S/C44H37N3O6S2/c1-3-53-44(51)38-36(30-16-7-4-8-17-30)28-54-43(38)47-42(50)39(31-18-9-5-10-19-31)55-35-24-14-22-33(27-35)45-41(49)37(26-29-15-13-23-34(25-29)52-2)46-40(48)32-20-11-6-12-21-32/h4-28,39H,3H2,1-2H3,(H,45,49)(H,46,48)(H,47,50)/b37-26-. The van der Waals surface area contributed by atoms with Gasteiger partial charge in [0.05, 0.1) is 13.7 Å². The number of ether oxygens (including phenoxy) is 2. The third kappa shape index (κ3) is 9.96. The molecule has 3 amide bonds. The number of rotatable bonds is 14. The van der Waals surface area contributed by atoms with Crippen molar-refractivity contribution >= 4 is 63.6 Å². The van der Waals surface area contributed by atoms with E-state index < -0.39 is 23.0 Å². The Balaban J connectivity index is 1.26. The second kappa shape index (κ2) is 18.6. The zero-order valence-electron chi connectivity index (χ0n) is 30.0. The predicted molar refractivity (Wildman–Crippen MR) is 219 cm³/mol. The molecular weight excluding hydrogens is 731 g/mol. The van der Waals surface area contributed by atoms with Crippen LogP contribution < -0.4 is 20.7 Å². The second-order valence-electron chi connectivity index (χ2n) is 12.0. The molecule has 1 unspecified atom stereocenters. The van der Waals surface area contributed by atoms with Crippen LogP contribution in [0.15, 0.2) is 155 Å². The van der Waals surface area contributed by atoms with E-state index in [-0.39, 0.29) is 18.2 Å². The summed E-state index contributed by atoms with van der Waals surface area (Å²) in [7, 11) is 1.55. The summed E-state index contributed by atoms with van der Waals surface area (Å²) >= 11 is 2.55. The molecule has 0 saturated heterocycles. The molecule has 5 aromatic carbocycles. The van der Waals surface area contributed by atoms with Crippen molar-refractivity contribution in [3.05, 3.63) is 173 Å². The molecule has 1 aromatic heterocycles. The molecule has 6 rings (SSSR count). The normalized spacial score (nSPS) is 11.6. The molecule has 1 heterocycles. The second-order valence-corrected chi connectivity index (χ2v) is 14.0. The summed E-state index contributed by atoms with van der Waals surface area (Å²) < 4.78 is 10.8. The minimum absolute atomic E-state index is 0.0184. The molecule has 9 nitrogen and oxygen atoms in total. The minimum atomic E-state index is -0.738. The zero-order valence-corrected chi connectivity index (χ0v) is 31.6. The van der Waals surface area contributed by atoms with Crippen LogP contribution in [-0.4, -0.2) is 37.4 Å². The Morgan fingerprint density at radius 2 is 1.47 bits per heavy atom. The van der Waals surface area contributed by atoms with Gasteiger partial charge < -0.3 is 25.4 Å². The summed E-state index contributed by atoms with van der Waals surface area (Å²) in [6, 6.07) is 41.6. The van der Waals surface area contributed by atoms with Crippen LogP contribution in [0.2, 0.25) is 0 Å². The Morgan fingerprint density at radius 3 is 2.18 bits per heavy atom. The molecule has 0 aliphatic rings. The van der Waals surface area contributed by atoms with Crippen molar-refractivity contribution in [1.29, 1.82) is 0 Å². The first-order valence-corrected chi connectivity index (χ1v) is 19.1. The third-order valence-corrected chi connectivity index (χ3v) is 10.4. The number of thioether (sulfide) groups is 1. The number of anilines is 2. The van der Waals surface area contributed by atoms with E-state index in [4.69, 9.17) is 9.47 Å². The highest BCUT2D eigenvalue weighted by molar-refractivity contribution is 8.00. The molecule has 0 aliphatic carbocycles. The van der Waals surface area contributed by atoms with Gasteiger partial charge in [-0.1, -0.05) is 97.1 Å². The molecule has 0 saturated carbocycles. The van der Waals surface area contributed by atoms with Crippen LogP contribution in [0, 0.1) is 0 Å². The quantitative estimate of drug-likeness (QED) is 0.0574. The van der Waals surface area contributed by atoms with Gasteiger partial charge in [-0.2, -0.15) is 0 Å².